The van der Waals surface area contributed by atoms with Gasteiger partial charge in [-0.2, -0.15) is 0 Å². The van der Waals surface area contributed by atoms with Gasteiger partial charge < -0.3 is 9.64 Å². The van der Waals surface area contributed by atoms with E-state index in [1.807, 2.05) is 48.5 Å². The normalized spacial score (nSPS) is 16.7. The van der Waals surface area contributed by atoms with E-state index in [2.05, 4.69) is 34.1 Å². The molecule has 0 saturated carbocycles. The third-order valence-corrected chi connectivity index (χ3v) is 5.63. The van der Waals surface area contributed by atoms with Gasteiger partial charge in [0.1, 0.15) is 11.5 Å². The summed E-state index contributed by atoms with van der Waals surface area (Å²) >= 11 is 0. The lowest BCUT2D eigenvalue weighted by atomic mass is 10.0. The van der Waals surface area contributed by atoms with Crippen molar-refractivity contribution in [1.29, 1.82) is 0 Å². The van der Waals surface area contributed by atoms with Crippen LogP contribution in [0.3, 0.4) is 0 Å². The molecule has 2 aliphatic heterocycles. The molecule has 3 nitrogen and oxygen atoms in total. The molecular weight excluding hydrogens is 363 g/mol. The van der Waals surface area contributed by atoms with Gasteiger partial charge in [0.25, 0.3) is 0 Å². The smallest absolute Gasteiger partial charge is 0.158 e. The molecule has 0 aromatic heterocycles. The van der Waals surface area contributed by atoms with Crippen LogP contribution in [0.25, 0.3) is 11.5 Å². The maximum atomic E-state index is 15.8. The second kappa shape index (κ2) is 7.72. The Hall–Kier alpha value is -3.11. The fourth-order valence-corrected chi connectivity index (χ4v) is 4.13. The van der Waals surface area contributed by atoms with E-state index in [0.717, 1.165) is 38.3 Å². The SMILES string of the molecule is FC1=C(N2CCN(Cc3ccccc3)CC2)c2ccccc2Oc2ccccc21. The minimum Gasteiger partial charge on any atom is -0.456 e. The van der Waals surface area contributed by atoms with Gasteiger partial charge in [0.2, 0.25) is 0 Å². The molecule has 0 bridgehead atoms. The number of nitrogens with zero attached hydrogens (tertiary/aromatic N) is 2. The van der Waals surface area contributed by atoms with Crippen LogP contribution in [0.2, 0.25) is 0 Å². The van der Waals surface area contributed by atoms with Crippen LogP contribution in [0.1, 0.15) is 16.7 Å². The van der Waals surface area contributed by atoms with E-state index in [9.17, 15) is 0 Å². The summed E-state index contributed by atoms with van der Waals surface area (Å²) in [5, 5.41) is 0. The zero-order chi connectivity index (χ0) is 19.6. The van der Waals surface area contributed by atoms with Crippen LogP contribution in [0, 0.1) is 0 Å². The van der Waals surface area contributed by atoms with Crippen LogP contribution in [-0.2, 0) is 6.54 Å². The van der Waals surface area contributed by atoms with Crippen molar-refractivity contribution in [2.45, 2.75) is 6.54 Å². The average molecular weight is 386 g/mol. The van der Waals surface area contributed by atoms with Gasteiger partial charge >= 0.3 is 0 Å². The average Bonchev–Trinajstić information content (AvgIpc) is 2.89. The zero-order valence-corrected chi connectivity index (χ0v) is 16.2. The maximum Gasteiger partial charge on any atom is 0.158 e. The zero-order valence-electron chi connectivity index (χ0n) is 16.2. The summed E-state index contributed by atoms with van der Waals surface area (Å²) in [7, 11) is 0. The first-order valence-corrected chi connectivity index (χ1v) is 10.1. The van der Waals surface area contributed by atoms with Gasteiger partial charge in [0.05, 0.1) is 11.3 Å². The number of ether oxygens (including phenoxy) is 1. The third kappa shape index (κ3) is 3.52. The summed E-state index contributed by atoms with van der Waals surface area (Å²) in [6.07, 6.45) is 0. The molecular formula is C25H23FN2O. The predicted molar refractivity (Wildman–Crippen MR) is 114 cm³/mol. The van der Waals surface area contributed by atoms with Crippen molar-refractivity contribution in [3.63, 3.8) is 0 Å². The van der Waals surface area contributed by atoms with E-state index in [-0.39, 0.29) is 5.83 Å². The van der Waals surface area contributed by atoms with E-state index in [1.165, 1.54) is 5.56 Å². The monoisotopic (exact) mass is 386 g/mol. The summed E-state index contributed by atoms with van der Waals surface area (Å²) in [6, 6.07) is 25.6. The molecule has 0 unspecified atom stereocenters. The number of fused-ring (bicyclic) bond motifs is 2. The van der Waals surface area contributed by atoms with Gasteiger partial charge in [-0.1, -0.05) is 54.6 Å². The molecule has 0 spiro atoms. The minimum absolute atomic E-state index is 0.206. The molecule has 3 aromatic rings. The largest absolute Gasteiger partial charge is 0.456 e. The maximum absolute atomic E-state index is 15.8. The molecule has 146 valence electrons. The molecule has 2 heterocycles. The third-order valence-electron chi connectivity index (χ3n) is 5.63. The topological polar surface area (TPSA) is 15.7 Å². The van der Waals surface area contributed by atoms with E-state index in [0.29, 0.717) is 22.8 Å². The number of para-hydroxylation sites is 2. The first kappa shape index (κ1) is 18.0. The minimum atomic E-state index is -0.206. The molecule has 5 rings (SSSR count). The Balaban J connectivity index is 1.44. The van der Waals surface area contributed by atoms with E-state index in [4.69, 9.17) is 4.74 Å². The van der Waals surface area contributed by atoms with Crippen molar-refractivity contribution in [2.75, 3.05) is 26.2 Å². The van der Waals surface area contributed by atoms with Crippen molar-refractivity contribution in [2.24, 2.45) is 0 Å². The Morgan fingerprint density at radius 2 is 1.28 bits per heavy atom. The second-order valence-corrected chi connectivity index (χ2v) is 7.51. The Morgan fingerprint density at radius 1 is 0.690 bits per heavy atom. The standard InChI is InChI=1S/C25H23FN2O/c26-24-20-10-4-6-12-22(20)29-23-13-7-5-11-21(23)25(24)28-16-14-27(15-17-28)18-19-8-2-1-3-9-19/h1-13H,14-18H2. The molecule has 3 aromatic carbocycles. The van der Waals surface area contributed by atoms with Gasteiger partial charge in [-0.25, -0.2) is 4.39 Å². The van der Waals surface area contributed by atoms with Crippen LogP contribution < -0.4 is 4.74 Å². The molecule has 0 amide bonds. The van der Waals surface area contributed by atoms with Crippen LogP contribution in [0.4, 0.5) is 4.39 Å². The van der Waals surface area contributed by atoms with Crippen molar-refractivity contribution < 1.29 is 9.13 Å². The second-order valence-electron chi connectivity index (χ2n) is 7.51. The number of halogens is 1. The summed E-state index contributed by atoms with van der Waals surface area (Å²) in [6.45, 7) is 4.30. The van der Waals surface area contributed by atoms with Crippen LogP contribution in [0.15, 0.2) is 78.9 Å². The lowest BCUT2D eigenvalue weighted by molar-refractivity contribution is 0.169. The highest BCUT2D eigenvalue weighted by atomic mass is 19.1. The number of rotatable bonds is 3. The van der Waals surface area contributed by atoms with E-state index < -0.39 is 0 Å². The number of hydrogen-bond acceptors (Lipinski definition) is 3. The van der Waals surface area contributed by atoms with Crippen molar-refractivity contribution in [3.05, 3.63) is 95.6 Å². The molecule has 0 atom stereocenters. The Morgan fingerprint density at radius 3 is 2.00 bits per heavy atom. The van der Waals surface area contributed by atoms with Crippen LogP contribution in [-0.4, -0.2) is 36.0 Å². The highest BCUT2D eigenvalue weighted by Gasteiger charge is 2.29. The lowest BCUT2D eigenvalue weighted by Crippen LogP contribution is -2.45. The predicted octanol–water partition coefficient (Wildman–Crippen LogP) is 5.41. The molecule has 0 aliphatic carbocycles. The first-order chi connectivity index (χ1) is 14.3. The lowest BCUT2D eigenvalue weighted by Gasteiger charge is -2.37. The number of hydrogen-bond donors (Lipinski definition) is 0. The van der Waals surface area contributed by atoms with E-state index >= 15 is 4.39 Å². The van der Waals surface area contributed by atoms with Gasteiger partial charge in [-0.3, -0.25) is 4.90 Å². The van der Waals surface area contributed by atoms with Crippen LogP contribution in [0.5, 0.6) is 11.5 Å². The van der Waals surface area contributed by atoms with Crippen molar-refractivity contribution >= 4 is 11.5 Å². The van der Waals surface area contributed by atoms with Crippen molar-refractivity contribution in [1.82, 2.24) is 9.80 Å². The molecule has 0 radical (unpaired) electrons. The molecule has 1 saturated heterocycles. The van der Waals surface area contributed by atoms with Gasteiger partial charge in [-0.05, 0) is 29.8 Å². The summed E-state index contributed by atoms with van der Waals surface area (Å²) < 4.78 is 21.8. The quantitative estimate of drug-likeness (QED) is 0.599. The first-order valence-electron chi connectivity index (χ1n) is 10.1. The molecule has 4 heteroatoms. The number of benzene rings is 3. The highest BCUT2D eigenvalue weighted by molar-refractivity contribution is 5.91. The fraction of sp³-hybridized carbons (Fsp3) is 0.200. The molecule has 2 aliphatic rings. The Bertz CT molecular complexity index is 1040. The van der Waals surface area contributed by atoms with Gasteiger partial charge in [0, 0.05) is 38.3 Å². The fourth-order valence-electron chi connectivity index (χ4n) is 4.13. The van der Waals surface area contributed by atoms with Gasteiger partial charge in [0.15, 0.2) is 5.83 Å². The van der Waals surface area contributed by atoms with Crippen molar-refractivity contribution in [3.8, 4) is 11.5 Å². The summed E-state index contributed by atoms with van der Waals surface area (Å²) in [5.41, 5.74) is 3.29. The number of piperazine rings is 1. The molecule has 0 N–H and O–H groups in total. The van der Waals surface area contributed by atoms with E-state index in [1.54, 1.807) is 6.07 Å². The van der Waals surface area contributed by atoms with Crippen LogP contribution >= 0.6 is 0 Å². The molecule has 29 heavy (non-hydrogen) atoms. The summed E-state index contributed by atoms with van der Waals surface area (Å²) in [4.78, 5) is 4.60. The van der Waals surface area contributed by atoms with Gasteiger partial charge in [-0.15, -0.1) is 0 Å². The highest BCUT2D eigenvalue weighted by Crippen LogP contribution is 2.44. The Kier molecular flexibility index (Phi) is 4.78. The Labute approximate surface area is 170 Å². The summed E-state index contributed by atoms with van der Waals surface area (Å²) in [5.74, 6) is 1.06. The molecule has 1 fully saturated rings.